The van der Waals surface area contributed by atoms with Gasteiger partial charge in [-0.3, -0.25) is 0 Å². The van der Waals surface area contributed by atoms with Crippen molar-refractivity contribution in [2.45, 2.75) is 6.10 Å². The molecule has 0 spiro atoms. The van der Waals surface area contributed by atoms with Gasteiger partial charge in [0.2, 0.25) is 0 Å². The van der Waals surface area contributed by atoms with Crippen molar-refractivity contribution in [3.8, 4) is 5.75 Å². The van der Waals surface area contributed by atoms with Crippen molar-refractivity contribution in [3.63, 3.8) is 0 Å². The zero-order valence-electron chi connectivity index (χ0n) is 11.5. The number of para-hydroxylation sites is 1. The number of ether oxygens (including phenoxy) is 2. The Bertz CT molecular complexity index is 593. The lowest BCUT2D eigenvalue weighted by atomic mass is 9.95. The molecule has 2 heteroatoms. The molecule has 20 heavy (non-hydrogen) atoms. The van der Waals surface area contributed by atoms with Crippen LogP contribution < -0.4 is 4.74 Å². The maximum atomic E-state index is 6.12. The Kier molecular flexibility index (Phi) is 3.46. The highest BCUT2D eigenvalue weighted by atomic mass is 16.5. The van der Waals surface area contributed by atoms with Crippen LogP contribution in [0.5, 0.6) is 5.75 Å². The van der Waals surface area contributed by atoms with Gasteiger partial charge in [0.05, 0.1) is 7.11 Å². The standard InChI is InChI=1S/C18H17O2/c1-13-17(19-2)12-16(14-8-6-7-9-14)18(13)20-15-10-4-3-5-11-15/h3-12,16,18H,1H2,2H3/t16-,18+/m1/s1. The monoisotopic (exact) mass is 265 g/mol. The summed E-state index contributed by atoms with van der Waals surface area (Å²) < 4.78 is 11.5. The SMILES string of the molecule is C=C1C(OC)=C[C@H](C2=C[CH]C=C2)[C@H]1Oc1ccccc1. The van der Waals surface area contributed by atoms with E-state index in [0.29, 0.717) is 0 Å². The molecule has 1 aromatic carbocycles. The van der Waals surface area contributed by atoms with Crippen molar-refractivity contribution in [1.82, 2.24) is 0 Å². The van der Waals surface area contributed by atoms with Gasteiger partial charge in [0, 0.05) is 17.9 Å². The normalized spacial score (nSPS) is 24.6. The van der Waals surface area contributed by atoms with E-state index in [1.807, 2.05) is 42.8 Å². The number of rotatable bonds is 4. The summed E-state index contributed by atoms with van der Waals surface area (Å²) in [7, 11) is 1.67. The molecule has 0 unspecified atom stereocenters. The minimum atomic E-state index is -0.116. The van der Waals surface area contributed by atoms with Gasteiger partial charge in [-0.15, -0.1) is 0 Å². The molecule has 0 amide bonds. The second kappa shape index (κ2) is 5.41. The molecular formula is C18H17O2. The van der Waals surface area contributed by atoms with Crippen LogP contribution in [0.15, 0.2) is 78.1 Å². The third kappa shape index (κ3) is 2.29. The van der Waals surface area contributed by atoms with Gasteiger partial charge in [-0.2, -0.15) is 0 Å². The zero-order valence-corrected chi connectivity index (χ0v) is 11.5. The van der Waals surface area contributed by atoms with Crippen LogP contribution in [0, 0.1) is 12.3 Å². The fourth-order valence-corrected chi connectivity index (χ4v) is 2.59. The molecule has 0 heterocycles. The molecule has 3 rings (SSSR count). The molecule has 101 valence electrons. The number of benzene rings is 1. The van der Waals surface area contributed by atoms with Gasteiger partial charge in [-0.05, 0) is 23.8 Å². The van der Waals surface area contributed by atoms with Crippen molar-refractivity contribution in [2.24, 2.45) is 5.92 Å². The van der Waals surface area contributed by atoms with E-state index < -0.39 is 0 Å². The quantitative estimate of drug-likeness (QED) is 0.823. The maximum absolute atomic E-state index is 6.12. The molecule has 0 aromatic heterocycles. The topological polar surface area (TPSA) is 18.5 Å². The maximum Gasteiger partial charge on any atom is 0.137 e. The van der Waals surface area contributed by atoms with Gasteiger partial charge in [0.25, 0.3) is 0 Å². The smallest absolute Gasteiger partial charge is 0.137 e. The fraction of sp³-hybridized carbons (Fsp3) is 0.167. The van der Waals surface area contributed by atoms with Crippen molar-refractivity contribution >= 4 is 0 Å². The van der Waals surface area contributed by atoms with Crippen LogP contribution in [-0.4, -0.2) is 13.2 Å². The largest absolute Gasteiger partial charge is 0.497 e. The van der Waals surface area contributed by atoms with Crippen LogP contribution >= 0.6 is 0 Å². The van der Waals surface area contributed by atoms with Crippen LogP contribution in [0.4, 0.5) is 0 Å². The van der Waals surface area contributed by atoms with Crippen molar-refractivity contribution in [2.75, 3.05) is 7.11 Å². The first-order valence-corrected chi connectivity index (χ1v) is 6.68. The Morgan fingerprint density at radius 3 is 2.60 bits per heavy atom. The number of allylic oxidation sites excluding steroid dienone is 3. The Hall–Kier alpha value is -2.22. The van der Waals surface area contributed by atoms with E-state index in [0.717, 1.165) is 17.1 Å². The zero-order chi connectivity index (χ0) is 13.9. The van der Waals surface area contributed by atoms with E-state index in [9.17, 15) is 0 Å². The van der Waals surface area contributed by atoms with Crippen LogP contribution in [-0.2, 0) is 4.74 Å². The van der Waals surface area contributed by atoms with Crippen molar-refractivity contribution < 1.29 is 9.47 Å². The second-order valence-electron chi connectivity index (χ2n) is 4.86. The molecule has 1 radical (unpaired) electrons. The predicted molar refractivity (Wildman–Crippen MR) is 80.1 cm³/mol. The highest BCUT2D eigenvalue weighted by Crippen LogP contribution is 2.38. The van der Waals surface area contributed by atoms with Gasteiger partial charge in [-0.25, -0.2) is 0 Å². The summed E-state index contributed by atoms with van der Waals surface area (Å²) in [6.07, 6.45) is 10.3. The molecule has 0 fully saturated rings. The lowest BCUT2D eigenvalue weighted by molar-refractivity contribution is 0.211. The summed E-state index contributed by atoms with van der Waals surface area (Å²) in [4.78, 5) is 0. The Morgan fingerprint density at radius 2 is 1.95 bits per heavy atom. The Labute approximate surface area is 119 Å². The minimum absolute atomic E-state index is 0.116. The van der Waals surface area contributed by atoms with Gasteiger partial charge < -0.3 is 9.47 Å². The molecule has 2 nitrogen and oxygen atoms in total. The summed E-state index contributed by atoms with van der Waals surface area (Å²) in [5, 5.41) is 0. The fourth-order valence-electron chi connectivity index (χ4n) is 2.59. The van der Waals surface area contributed by atoms with Crippen LogP contribution in [0.25, 0.3) is 0 Å². The molecule has 0 N–H and O–H groups in total. The van der Waals surface area contributed by atoms with E-state index >= 15 is 0 Å². The van der Waals surface area contributed by atoms with Gasteiger partial charge in [-0.1, -0.05) is 43.0 Å². The Morgan fingerprint density at radius 1 is 1.15 bits per heavy atom. The predicted octanol–water partition coefficient (Wildman–Crippen LogP) is 3.85. The van der Waals surface area contributed by atoms with Gasteiger partial charge in [0.15, 0.2) is 0 Å². The summed E-state index contributed by atoms with van der Waals surface area (Å²) >= 11 is 0. The second-order valence-corrected chi connectivity index (χ2v) is 4.86. The van der Waals surface area contributed by atoms with Crippen LogP contribution in [0.2, 0.25) is 0 Å². The average Bonchev–Trinajstić information content (AvgIpc) is 3.10. The molecule has 2 aliphatic rings. The van der Waals surface area contributed by atoms with Gasteiger partial charge in [0.1, 0.15) is 17.6 Å². The van der Waals surface area contributed by atoms with E-state index in [4.69, 9.17) is 9.47 Å². The third-order valence-corrected chi connectivity index (χ3v) is 3.62. The Balaban J connectivity index is 1.87. The lowest BCUT2D eigenvalue weighted by Gasteiger charge is -2.22. The highest BCUT2D eigenvalue weighted by Gasteiger charge is 2.35. The third-order valence-electron chi connectivity index (χ3n) is 3.62. The van der Waals surface area contributed by atoms with Crippen LogP contribution in [0.1, 0.15) is 0 Å². The van der Waals surface area contributed by atoms with E-state index in [1.54, 1.807) is 7.11 Å². The van der Waals surface area contributed by atoms with Crippen molar-refractivity contribution in [1.29, 1.82) is 0 Å². The lowest BCUT2D eigenvalue weighted by Crippen LogP contribution is -2.24. The molecule has 2 aliphatic carbocycles. The summed E-state index contributed by atoms with van der Waals surface area (Å²) in [5.41, 5.74) is 2.11. The summed E-state index contributed by atoms with van der Waals surface area (Å²) in [5.74, 6) is 1.81. The van der Waals surface area contributed by atoms with Crippen molar-refractivity contribution in [3.05, 3.63) is 84.5 Å². The molecule has 0 saturated heterocycles. The molecule has 0 aliphatic heterocycles. The summed E-state index contributed by atoms with van der Waals surface area (Å²) in [6, 6.07) is 9.83. The minimum Gasteiger partial charge on any atom is -0.497 e. The first-order chi connectivity index (χ1) is 9.79. The van der Waals surface area contributed by atoms with Gasteiger partial charge >= 0.3 is 0 Å². The van der Waals surface area contributed by atoms with Crippen LogP contribution in [0.3, 0.4) is 0 Å². The molecule has 2 atom stereocenters. The first-order valence-electron chi connectivity index (χ1n) is 6.68. The molecule has 0 bridgehead atoms. The average molecular weight is 265 g/mol. The molecular weight excluding hydrogens is 248 g/mol. The first kappa shape index (κ1) is 12.8. The molecule has 0 saturated carbocycles. The molecule has 1 aromatic rings. The number of methoxy groups -OCH3 is 1. The van der Waals surface area contributed by atoms with E-state index in [1.165, 1.54) is 5.57 Å². The number of hydrogen-bond donors (Lipinski definition) is 0. The summed E-state index contributed by atoms with van der Waals surface area (Å²) in [6.45, 7) is 4.13. The highest BCUT2D eigenvalue weighted by molar-refractivity contribution is 5.47. The van der Waals surface area contributed by atoms with E-state index in [-0.39, 0.29) is 12.0 Å². The number of hydrogen-bond acceptors (Lipinski definition) is 2. The van der Waals surface area contributed by atoms with E-state index in [2.05, 4.69) is 24.8 Å².